The summed E-state index contributed by atoms with van der Waals surface area (Å²) in [6.07, 6.45) is -2.61. The van der Waals surface area contributed by atoms with Crippen LogP contribution in [0.15, 0.2) is 24.3 Å². The second-order valence-corrected chi connectivity index (χ2v) is 5.78. The molecular weight excluding hydrogens is 329 g/mol. The maximum atomic E-state index is 13.0. The van der Waals surface area contributed by atoms with Crippen LogP contribution in [0.1, 0.15) is 43.2 Å². The highest BCUT2D eigenvalue weighted by molar-refractivity contribution is 5.85. The number of halogens is 4. The van der Waals surface area contributed by atoms with E-state index >= 15 is 0 Å². The van der Waals surface area contributed by atoms with Gasteiger partial charge in [-0.05, 0) is 43.5 Å². The summed E-state index contributed by atoms with van der Waals surface area (Å²) in [5, 5.41) is 6.12. The molecule has 0 aliphatic carbocycles. The van der Waals surface area contributed by atoms with Crippen molar-refractivity contribution in [3.63, 3.8) is 0 Å². The van der Waals surface area contributed by atoms with Crippen molar-refractivity contribution >= 4 is 18.3 Å². The van der Waals surface area contributed by atoms with E-state index in [1.54, 1.807) is 13.0 Å². The third kappa shape index (κ3) is 5.70. The lowest BCUT2D eigenvalue weighted by atomic mass is 9.92. The van der Waals surface area contributed by atoms with Crippen LogP contribution in [0.5, 0.6) is 0 Å². The van der Waals surface area contributed by atoms with Gasteiger partial charge in [-0.1, -0.05) is 25.1 Å². The van der Waals surface area contributed by atoms with E-state index in [2.05, 4.69) is 10.6 Å². The van der Waals surface area contributed by atoms with Gasteiger partial charge in [0, 0.05) is 12.5 Å². The number of piperidine rings is 1. The zero-order valence-corrected chi connectivity index (χ0v) is 13.8. The molecule has 1 amide bonds. The molecule has 130 valence electrons. The molecule has 7 heteroatoms. The Labute approximate surface area is 140 Å². The summed E-state index contributed by atoms with van der Waals surface area (Å²) in [5.41, 5.74) is -0.479. The maximum absolute atomic E-state index is 13.0. The molecular formula is C16H22ClF3N2O. The smallest absolute Gasteiger partial charge is 0.353 e. The largest absolute Gasteiger partial charge is 0.416 e. The van der Waals surface area contributed by atoms with Crippen LogP contribution in [0.4, 0.5) is 13.2 Å². The fraction of sp³-hybridized carbons (Fsp3) is 0.562. The highest BCUT2D eigenvalue weighted by Crippen LogP contribution is 2.35. The first-order valence-electron chi connectivity index (χ1n) is 7.54. The van der Waals surface area contributed by atoms with Crippen molar-refractivity contribution in [1.82, 2.24) is 10.6 Å². The van der Waals surface area contributed by atoms with Crippen molar-refractivity contribution in [1.29, 1.82) is 0 Å². The monoisotopic (exact) mass is 350 g/mol. The Morgan fingerprint density at radius 1 is 1.30 bits per heavy atom. The van der Waals surface area contributed by atoms with E-state index in [4.69, 9.17) is 0 Å². The van der Waals surface area contributed by atoms with Gasteiger partial charge in [0.2, 0.25) is 5.91 Å². The first kappa shape index (κ1) is 19.8. The number of hydrogen-bond acceptors (Lipinski definition) is 2. The van der Waals surface area contributed by atoms with Crippen molar-refractivity contribution < 1.29 is 18.0 Å². The topological polar surface area (TPSA) is 41.1 Å². The average Bonchev–Trinajstić information content (AvgIpc) is 2.47. The zero-order chi connectivity index (χ0) is 16.2. The van der Waals surface area contributed by atoms with Crippen LogP contribution >= 0.6 is 12.4 Å². The standard InChI is InChI=1S/C16H21F3N2O.ClH/c1-11(10-15(22)21-12-6-8-20-9-7-12)13-4-2-3-5-14(13)16(17,18)19;/h2-5,11-12,20H,6-10H2,1H3,(H,21,22);1H. The fourth-order valence-corrected chi connectivity index (χ4v) is 2.83. The zero-order valence-electron chi connectivity index (χ0n) is 13.0. The Hall–Kier alpha value is -1.27. The van der Waals surface area contributed by atoms with E-state index in [-0.39, 0.29) is 36.3 Å². The molecule has 0 saturated carbocycles. The van der Waals surface area contributed by atoms with Crippen molar-refractivity contribution in [2.45, 2.75) is 44.3 Å². The summed E-state index contributed by atoms with van der Waals surface area (Å²) in [6, 6.07) is 5.58. The number of carbonyl (C=O) groups is 1. The van der Waals surface area contributed by atoms with E-state index in [0.717, 1.165) is 32.0 Å². The molecule has 1 heterocycles. The van der Waals surface area contributed by atoms with Gasteiger partial charge < -0.3 is 10.6 Å². The number of nitrogens with one attached hydrogen (secondary N) is 2. The first-order chi connectivity index (χ1) is 10.4. The molecule has 1 saturated heterocycles. The predicted octanol–water partition coefficient (Wildman–Crippen LogP) is 3.49. The van der Waals surface area contributed by atoms with E-state index in [0.29, 0.717) is 0 Å². The molecule has 1 aromatic carbocycles. The fourth-order valence-electron chi connectivity index (χ4n) is 2.83. The van der Waals surface area contributed by atoms with Crippen LogP contribution < -0.4 is 10.6 Å². The lowest BCUT2D eigenvalue weighted by molar-refractivity contribution is -0.138. The van der Waals surface area contributed by atoms with Crippen LogP contribution in [0.3, 0.4) is 0 Å². The lowest BCUT2D eigenvalue weighted by Crippen LogP contribution is -2.43. The van der Waals surface area contributed by atoms with Gasteiger partial charge in [0.05, 0.1) is 5.56 Å². The van der Waals surface area contributed by atoms with Crippen LogP contribution in [0.25, 0.3) is 0 Å². The minimum Gasteiger partial charge on any atom is -0.353 e. The Morgan fingerprint density at radius 2 is 1.91 bits per heavy atom. The van der Waals surface area contributed by atoms with Crippen molar-refractivity contribution in [2.24, 2.45) is 0 Å². The molecule has 1 aromatic rings. The van der Waals surface area contributed by atoms with E-state index in [9.17, 15) is 18.0 Å². The summed E-state index contributed by atoms with van der Waals surface area (Å²) >= 11 is 0. The third-order valence-electron chi connectivity index (χ3n) is 3.99. The van der Waals surface area contributed by atoms with Gasteiger partial charge >= 0.3 is 6.18 Å². The van der Waals surface area contributed by atoms with E-state index < -0.39 is 17.7 Å². The third-order valence-corrected chi connectivity index (χ3v) is 3.99. The normalized spacial score (nSPS) is 17.2. The van der Waals surface area contributed by atoms with Crippen molar-refractivity contribution in [2.75, 3.05) is 13.1 Å². The summed E-state index contributed by atoms with van der Waals surface area (Å²) < 4.78 is 39.0. The summed E-state index contributed by atoms with van der Waals surface area (Å²) in [7, 11) is 0. The van der Waals surface area contributed by atoms with Gasteiger partial charge in [-0.15, -0.1) is 12.4 Å². The van der Waals surface area contributed by atoms with Crippen LogP contribution in [0, 0.1) is 0 Å². The number of rotatable bonds is 4. The van der Waals surface area contributed by atoms with Gasteiger partial charge in [0.15, 0.2) is 0 Å². The van der Waals surface area contributed by atoms with Gasteiger partial charge in [-0.3, -0.25) is 4.79 Å². The van der Waals surface area contributed by atoms with Crippen LogP contribution in [-0.4, -0.2) is 25.0 Å². The van der Waals surface area contributed by atoms with Crippen LogP contribution in [-0.2, 0) is 11.0 Å². The maximum Gasteiger partial charge on any atom is 0.416 e. The quantitative estimate of drug-likeness (QED) is 0.872. The van der Waals surface area contributed by atoms with Crippen molar-refractivity contribution in [3.8, 4) is 0 Å². The van der Waals surface area contributed by atoms with E-state index in [1.165, 1.54) is 12.1 Å². The van der Waals surface area contributed by atoms with Crippen LogP contribution in [0.2, 0.25) is 0 Å². The Morgan fingerprint density at radius 3 is 2.52 bits per heavy atom. The van der Waals surface area contributed by atoms with E-state index in [1.807, 2.05) is 0 Å². The molecule has 1 fully saturated rings. The molecule has 3 nitrogen and oxygen atoms in total. The van der Waals surface area contributed by atoms with Gasteiger partial charge in [-0.25, -0.2) is 0 Å². The molecule has 1 aliphatic rings. The van der Waals surface area contributed by atoms with Gasteiger partial charge in [-0.2, -0.15) is 13.2 Å². The lowest BCUT2D eigenvalue weighted by Gasteiger charge is -2.25. The second-order valence-electron chi connectivity index (χ2n) is 5.78. The SMILES string of the molecule is CC(CC(=O)NC1CCNCC1)c1ccccc1C(F)(F)F.Cl. The molecule has 2 N–H and O–H groups in total. The summed E-state index contributed by atoms with van der Waals surface area (Å²) in [5.74, 6) is -0.657. The molecule has 1 unspecified atom stereocenters. The molecule has 0 radical (unpaired) electrons. The summed E-state index contributed by atoms with van der Waals surface area (Å²) in [6.45, 7) is 3.38. The minimum atomic E-state index is -4.39. The Kier molecular flexibility index (Phi) is 7.35. The van der Waals surface area contributed by atoms with Crippen molar-refractivity contribution in [3.05, 3.63) is 35.4 Å². The Bertz CT molecular complexity index is 516. The van der Waals surface area contributed by atoms with Gasteiger partial charge in [0.1, 0.15) is 0 Å². The summed E-state index contributed by atoms with van der Waals surface area (Å²) in [4.78, 5) is 12.0. The number of amides is 1. The number of benzene rings is 1. The van der Waals surface area contributed by atoms with Gasteiger partial charge in [0.25, 0.3) is 0 Å². The molecule has 1 aliphatic heterocycles. The molecule has 1 atom stereocenters. The molecule has 0 bridgehead atoms. The number of hydrogen-bond donors (Lipinski definition) is 2. The number of carbonyl (C=O) groups excluding carboxylic acids is 1. The minimum absolute atomic E-state index is 0. The predicted molar refractivity (Wildman–Crippen MR) is 85.8 cm³/mol. The highest BCUT2D eigenvalue weighted by atomic mass is 35.5. The second kappa shape index (κ2) is 8.55. The average molecular weight is 351 g/mol. The highest BCUT2D eigenvalue weighted by Gasteiger charge is 2.34. The molecule has 0 aromatic heterocycles. The first-order valence-corrected chi connectivity index (χ1v) is 7.54. The Balaban J connectivity index is 0.00000264. The molecule has 0 spiro atoms. The molecule has 23 heavy (non-hydrogen) atoms. The number of alkyl halides is 3. The molecule has 2 rings (SSSR count).